The summed E-state index contributed by atoms with van der Waals surface area (Å²) in [4.78, 5) is 0. The summed E-state index contributed by atoms with van der Waals surface area (Å²) in [5.74, 6) is 0. The van der Waals surface area contributed by atoms with Crippen molar-refractivity contribution in [1.82, 2.24) is 0 Å². The summed E-state index contributed by atoms with van der Waals surface area (Å²) in [6, 6.07) is 51.6. The van der Waals surface area contributed by atoms with Crippen LogP contribution in [0.5, 0.6) is 0 Å². The minimum atomic E-state index is -0.133. The van der Waals surface area contributed by atoms with Gasteiger partial charge in [-0.1, -0.05) is 149 Å². The van der Waals surface area contributed by atoms with E-state index >= 15 is 0 Å². The van der Waals surface area contributed by atoms with Crippen molar-refractivity contribution in [3.63, 3.8) is 0 Å². The Morgan fingerprint density at radius 2 is 0.654 bits per heavy atom. The van der Waals surface area contributed by atoms with Gasteiger partial charge in [-0.3, -0.25) is 0 Å². The Morgan fingerprint density at radius 1 is 0.288 bits per heavy atom. The maximum atomic E-state index is 2.63. The lowest BCUT2D eigenvalue weighted by Crippen LogP contribution is -2.15. The van der Waals surface area contributed by atoms with Gasteiger partial charge in [0.15, 0.2) is 0 Å². The largest absolute Gasteiger partial charge is 0.0619 e. The lowest BCUT2D eigenvalue weighted by atomic mass is 9.75. The van der Waals surface area contributed by atoms with Gasteiger partial charge >= 0.3 is 0 Å². The average molecular weight is 659 g/mol. The maximum absolute atomic E-state index is 2.63. The normalized spacial score (nSPS) is 15.6. The molecule has 0 N–H and O–H groups in total. The molecule has 0 spiro atoms. The summed E-state index contributed by atoms with van der Waals surface area (Å²) < 4.78 is 0. The summed E-state index contributed by atoms with van der Waals surface area (Å²) in [6.45, 7) is 9.76. The topological polar surface area (TPSA) is 0 Å². The van der Waals surface area contributed by atoms with Crippen LogP contribution in [0.25, 0.3) is 108 Å². The molecule has 0 aromatic heterocycles. The molecule has 0 unspecified atom stereocenters. The van der Waals surface area contributed by atoms with E-state index in [0.717, 1.165) is 0 Å². The molecule has 11 aromatic rings. The van der Waals surface area contributed by atoms with Gasteiger partial charge in [-0.2, -0.15) is 0 Å². The summed E-state index contributed by atoms with van der Waals surface area (Å²) in [6.07, 6.45) is 0. The van der Waals surface area contributed by atoms with E-state index in [1.807, 2.05) is 0 Å². The predicted octanol–water partition coefficient (Wildman–Crippen LogP) is 14.4. The zero-order valence-electron chi connectivity index (χ0n) is 29.7. The molecule has 0 atom stereocenters. The molecule has 0 saturated heterocycles. The highest BCUT2D eigenvalue weighted by Crippen LogP contribution is 2.61. The quantitative estimate of drug-likeness (QED) is 0.112. The van der Waals surface area contributed by atoms with Crippen LogP contribution >= 0.6 is 0 Å². The van der Waals surface area contributed by atoms with Crippen molar-refractivity contribution in [2.45, 2.75) is 38.5 Å². The van der Waals surface area contributed by atoms with Gasteiger partial charge in [-0.05, 0) is 143 Å². The van der Waals surface area contributed by atoms with E-state index in [1.54, 1.807) is 0 Å². The molecule has 0 heteroatoms. The van der Waals surface area contributed by atoms with Crippen molar-refractivity contribution < 1.29 is 0 Å². The maximum Gasteiger partial charge on any atom is 0.0159 e. The molecule has 0 nitrogen and oxygen atoms in total. The fourth-order valence-electron chi connectivity index (χ4n) is 11.5. The highest BCUT2D eigenvalue weighted by molar-refractivity contribution is 6.50. The summed E-state index contributed by atoms with van der Waals surface area (Å²) in [7, 11) is 0. The molecule has 0 amide bonds. The van der Waals surface area contributed by atoms with Crippen molar-refractivity contribution in [2.24, 2.45) is 0 Å². The zero-order chi connectivity index (χ0) is 34.4. The van der Waals surface area contributed by atoms with Crippen LogP contribution in [0.4, 0.5) is 0 Å². The second kappa shape index (κ2) is 8.72. The van der Waals surface area contributed by atoms with Gasteiger partial charge in [-0.25, -0.2) is 0 Å². The molecule has 0 bridgehead atoms. The van der Waals surface area contributed by atoms with Gasteiger partial charge in [0.2, 0.25) is 0 Å². The van der Waals surface area contributed by atoms with Gasteiger partial charge < -0.3 is 0 Å². The van der Waals surface area contributed by atoms with Gasteiger partial charge in [-0.15, -0.1) is 0 Å². The monoisotopic (exact) mass is 658 g/mol. The van der Waals surface area contributed by atoms with Crippen molar-refractivity contribution in [3.05, 3.63) is 156 Å². The molecule has 2 aliphatic rings. The molecule has 52 heavy (non-hydrogen) atoms. The van der Waals surface area contributed by atoms with Crippen LogP contribution in [0.1, 0.15) is 49.9 Å². The second-order valence-corrected chi connectivity index (χ2v) is 16.7. The molecule has 0 fully saturated rings. The van der Waals surface area contributed by atoms with Gasteiger partial charge in [0, 0.05) is 10.8 Å². The van der Waals surface area contributed by atoms with Crippen LogP contribution in [0.3, 0.4) is 0 Å². The van der Waals surface area contributed by atoms with Crippen molar-refractivity contribution in [1.29, 1.82) is 0 Å². The fourth-order valence-corrected chi connectivity index (χ4v) is 11.5. The van der Waals surface area contributed by atoms with E-state index in [-0.39, 0.29) is 10.8 Å². The van der Waals surface area contributed by atoms with E-state index in [9.17, 15) is 0 Å². The molecule has 0 heterocycles. The SMILES string of the molecule is CC1(C)c2ccccc2-c2c1cc1c3c4cccc5cccc(c6c7c(cc(c8c9cccc%10cccc(c2c18)c%109)c63)C(C)(C)c1ccccc1-7)c54. The molecule has 0 radical (unpaired) electrons. The van der Waals surface area contributed by atoms with Crippen molar-refractivity contribution >= 4 is 86.2 Å². The van der Waals surface area contributed by atoms with E-state index in [1.165, 1.54) is 131 Å². The van der Waals surface area contributed by atoms with Crippen LogP contribution in [0.15, 0.2) is 133 Å². The van der Waals surface area contributed by atoms with Crippen molar-refractivity contribution in [2.75, 3.05) is 0 Å². The third-order valence-corrected chi connectivity index (χ3v) is 13.7. The fraction of sp³-hybridized carbons (Fsp3) is 0.115. The number of fused-ring (bicyclic) bond motifs is 14. The first-order chi connectivity index (χ1) is 25.4. The molecule has 2 aliphatic carbocycles. The Hall–Kier alpha value is -5.98. The Balaban J connectivity index is 1.45. The first kappa shape index (κ1) is 27.7. The smallest absolute Gasteiger partial charge is 0.0159 e. The van der Waals surface area contributed by atoms with Crippen LogP contribution in [0.2, 0.25) is 0 Å². The molecule has 0 saturated carbocycles. The molecule has 13 rings (SSSR count). The Kier molecular flexibility index (Phi) is 4.65. The summed E-state index contributed by atoms with van der Waals surface area (Å²) in [5, 5.41) is 22.1. The Labute approximate surface area is 301 Å². The number of hydrogen-bond donors (Lipinski definition) is 0. The zero-order valence-corrected chi connectivity index (χ0v) is 29.7. The minimum Gasteiger partial charge on any atom is -0.0619 e. The number of rotatable bonds is 0. The lowest BCUT2D eigenvalue weighted by Gasteiger charge is -2.27. The standard InChI is InChI=1S/C52H34/c1-51(2)37-23-7-5-17-29(37)45-39(51)25-35-43-31-19-9-14-28-16-12-22-34(42(28)31)48-46-30-18-6-8-24-38(30)52(3,4)40(46)26-36(50(43)48)44-32-20-10-13-27-15-11-21-33(41(27)32)47(45)49(35)44/h5-26H,1-4H3. The van der Waals surface area contributed by atoms with Crippen LogP contribution < -0.4 is 0 Å². The van der Waals surface area contributed by atoms with Crippen molar-refractivity contribution in [3.8, 4) is 22.3 Å². The highest BCUT2D eigenvalue weighted by Gasteiger charge is 2.41. The van der Waals surface area contributed by atoms with Gasteiger partial charge in [0.1, 0.15) is 0 Å². The lowest BCUT2D eigenvalue weighted by molar-refractivity contribution is 0.661. The molecule has 242 valence electrons. The van der Waals surface area contributed by atoms with E-state index in [2.05, 4.69) is 161 Å². The van der Waals surface area contributed by atoms with Gasteiger partial charge in [0.25, 0.3) is 0 Å². The first-order valence-electron chi connectivity index (χ1n) is 18.8. The number of benzene rings is 11. The predicted molar refractivity (Wildman–Crippen MR) is 224 cm³/mol. The Morgan fingerprint density at radius 3 is 1.06 bits per heavy atom. The van der Waals surface area contributed by atoms with E-state index in [4.69, 9.17) is 0 Å². The van der Waals surface area contributed by atoms with Crippen LogP contribution in [0, 0.1) is 0 Å². The molecule has 11 aromatic carbocycles. The minimum absolute atomic E-state index is 0.133. The number of hydrogen-bond acceptors (Lipinski definition) is 0. The summed E-state index contributed by atoms with van der Waals surface area (Å²) >= 11 is 0. The van der Waals surface area contributed by atoms with E-state index < -0.39 is 0 Å². The van der Waals surface area contributed by atoms with Crippen LogP contribution in [-0.4, -0.2) is 0 Å². The molecular weight excluding hydrogens is 625 g/mol. The molecule has 0 aliphatic heterocycles. The van der Waals surface area contributed by atoms with Gasteiger partial charge in [0.05, 0.1) is 0 Å². The van der Waals surface area contributed by atoms with E-state index in [0.29, 0.717) is 0 Å². The summed E-state index contributed by atoms with van der Waals surface area (Å²) in [5.41, 5.74) is 11.1. The second-order valence-electron chi connectivity index (χ2n) is 16.7. The Bertz CT molecular complexity index is 3200. The molecular formula is C52H34. The first-order valence-corrected chi connectivity index (χ1v) is 18.8. The third kappa shape index (κ3) is 2.89. The van der Waals surface area contributed by atoms with Crippen LogP contribution in [-0.2, 0) is 10.8 Å². The third-order valence-electron chi connectivity index (χ3n) is 13.7. The highest BCUT2D eigenvalue weighted by atomic mass is 14.4. The average Bonchev–Trinajstić information content (AvgIpc) is 3.54.